The van der Waals surface area contributed by atoms with Crippen molar-refractivity contribution < 1.29 is 4.42 Å². The van der Waals surface area contributed by atoms with E-state index >= 15 is 0 Å². The first kappa shape index (κ1) is 14.2. The van der Waals surface area contributed by atoms with Crippen molar-refractivity contribution in [3.8, 4) is 21.6 Å². The summed E-state index contributed by atoms with van der Waals surface area (Å²) in [5.41, 5.74) is 2.49. The van der Waals surface area contributed by atoms with Gasteiger partial charge in [0, 0.05) is 20.8 Å². The molecule has 0 aliphatic carbocycles. The molecule has 0 aliphatic rings. The lowest BCUT2D eigenvalue weighted by atomic mass is 9.97. The van der Waals surface area contributed by atoms with Crippen LogP contribution in [0.1, 0.15) is 0 Å². The Hall–Kier alpha value is -2.36. The fraction of sp³-hybridized carbons (Fsp3) is 0. The van der Waals surface area contributed by atoms with Gasteiger partial charge in [-0.3, -0.25) is 0 Å². The van der Waals surface area contributed by atoms with Gasteiger partial charge in [0.1, 0.15) is 5.58 Å². The third kappa shape index (κ3) is 2.48. The van der Waals surface area contributed by atoms with Crippen LogP contribution in [0.5, 0.6) is 0 Å². The molecule has 112 valence electrons. The Kier molecular flexibility index (Phi) is 3.52. The van der Waals surface area contributed by atoms with Crippen LogP contribution >= 0.6 is 22.9 Å². The fourth-order valence-electron chi connectivity index (χ4n) is 2.72. The summed E-state index contributed by atoms with van der Waals surface area (Å²) >= 11 is 7.76. The van der Waals surface area contributed by atoms with Crippen LogP contribution in [-0.2, 0) is 0 Å². The second kappa shape index (κ2) is 5.69. The first-order chi connectivity index (χ1) is 11.2. The summed E-state index contributed by atoms with van der Waals surface area (Å²) in [6, 6.07) is 18.9. The van der Waals surface area contributed by atoms with Gasteiger partial charge in [0.25, 0.3) is 0 Å². The molecule has 0 atom stereocenters. The van der Waals surface area contributed by atoms with E-state index in [1.165, 1.54) is 0 Å². The van der Waals surface area contributed by atoms with E-state index in [9.17, 15) is 4.79 Å². The minimum absolute atomic E-state index is 0.338. The maximum absolute atomic E-state index is 12.6. The average molecular weight is 339 g/mol. The normalized spacial score (nSPS) is 11.0. The van der Waals surface area contributed by atoms with Crippen molar-refractivity contribution in [2.75, 3.05) is 0 Å². The van der Waals surface area contributed by atoms with Crippen LogP contribution in [0.15, 0.2) is 75.3 Å². The Morgan fingerprint density at radius 1 is 0.913 bits per heavy atom. The van der Waals surface area contributed by atoms with Crippen LogP contribution in [0, 0.1) is 0 Å². The van der Waals surface area contributed by atoms with Gasteiger partial charge >= 0.3 is 5.63 Å². The van der Waals surface area contributed by atoms with Gasteiger partial charge in [-0.1, -0.05) is 48.0 Å². The van der Waals surface area contributed by atoms with Crippen molar-refractivity contribution in [3.63, 3.8) is 0 Å². The molecule has 0 fully saturated rings. The highest BCUT2D eigenvalue weighted by molar-refractivity contribution is 7.13. The van der Waals surface area contributed by atoms with Crippen LogP contribution in [0.2, 0.25) is 5.02 Å². The summed E-state index contributed by atoms with van der Waals surface area (Å²) in [4.78, 5) is 13.7. The molecule has 4 aromatic rings. The smallest absolute Gasteiger partial charge is 0.344 e. The molecule has 0 bridgehead atoms. The molecule has 0 saturated heterocycles. The van der Waals surface area contributed by atoms with Gasteiger partial charge in [-0.2, -0.15) is 0 Å². The van der Waals surface area contributed by atoms with E-state index in [0.717, 1.165) is 21.4 Å². The van der Waals surface area contributed by atoms with Gasteiger partial charge in [-0.05, 0) is 35.2 Å². The molecule has 23 heavy (non-hydrogen) atoms. The van der Waals surface area contributed by atoms with E-state index in [4.69, 9.17) is 16.0 Å². The summed E-state index contributed by atoms with van der Waals surface area (Å²) in [5, 5.41) is 3.45. The van der Waals surface area contributed by atoms with Crippen molar-refractivity contribution in [1.82, 2.24) is 0 Å². The molecule has 2 aromatic heterocycles. The zero-order chi connectivity index (χ0) is 15.8. The first-order valence-electron chi connectivity index (χ1n) is 7.10. The molecular weight excluding hydrogens is 328 g/mol. The van der Waals surface area contributed by atoms with Gasteiger partial charge in [0.2, 0.25) is 0 Å². The predicted molar refractivity (Wildman–Crippen MR) is 96.2 cm³/mol. The van der Waals surface area contributed by atoms with Crippen molar-refractivity contribution >= 4 is 33.9 Å². The van der Waals surface area contributed by atoms with Crippen molar-refractivity contribution in [2.24, 2.45) is 0 Å². The van der Waals surface area contributed by atoms with E-state index in [2.05, 4.69) is 0 Å². The maximum atomic E-state index is 12.6. The lowest BCUT2D eigenvalue weighted by Crippen LogP contribution is -2.05. The Morgan fingerprint density at radius 3 is 2.48 bits per heavy atom. The van der Waals surface area contributed by atoms with E-state index in [-0.39, 0.29) is 5.63 Å². The number of fused-ring (bicyclic) bond motifs is 1. The highest BCUT2D eigenvalue weighted by Crippen LogP contribution is 2.38. The maximum Gasteiger partial charge on any atom is 0.344 e. The second-order valence-corrected chi connectivity index (χ2v) is 6.51. The van der Waals surface area contributed by atoms with Crippen LogP contribution in [-0.4, -0.2) is 0 Å². The molecule has 2 aromatic carbocycles. The predicted octanol–water partition coefficient (Wildman–Crippen LogP) is 5.84. The minimum atomic E-state index is -0.338. The lowest BCUT2D eigenvalue weighted by molar-refractivity contribution is 0.564. The fourth-order valence-corrected chi connectivity index (χ4v) is 3.68. The van der Waals surface area contributed by atoms with Gasteiger partial charge in [-0.15, -0.1) is 11.3 Å². The molecule has 4 rings (SSSR count). The van der Waals surface area contributed by atoms with Crippen LogP contribution in [0.3, 0.4) is 0 Å². The third-order valence-electron chi connectivity index (χ3n) is 3.70. The van der Waals surface area contributed by atoms with Gasteiger partial charge < -0.3 is 4.42 Å². The highest BCUT2D eigenvalue weighted by atomic mass is 35.5. The number of halogens is 1. The molecule has 2 heterocycles. The van der Waals surface area contributed by atoms with E-state index in [0.29, 0.717) is 16.2 Å². The van der Waals surface area contributed by atoms with Crippen LogP contribution < -0.4 is 5.63 Å². The summed E-state index contributed by atoms with van der Waals surface area (Å²) in [6.45, 7) is 0. The van der Waals surface area contributed by atoms with Gasteiger partial charge in [0.15, 0.2) is 0 Å². The number of thiophene rings is 1. The first-order valence-corrected chi connectivity index (χ1v) is 8.35. The van der Waals surface area contributed by atoms with Crippen LogP contribution in [0.4, 0.5) is 0 Å². The van der Waals surface area contributed by atoms with Crippen molar-refractivity contribution in [2.45, 2.75) is 0 Å². The highest BCUT2D eigenvalue weighted by Gasteiger charge is 2.18. The summed E-state index contributed by atoms with van der Waals surface area (Å²) in [7, 11) is 0. The quantitative estimate of drug-likeness (QED) is 0.430. The molecular formula is C19H11ClO2S. The van der Waals surface area contributed by atoms with Gasteiger partial charge in [0.05, 0.1) is 5.56 Å². The van der Waals surface area contributed by atoms with E-state index in [1.807, 2.05) is 53.9 Å². The van der Waals surface area contributed by atoms with Crippen molar-refractivity contribution in [1.29, 1.82) is 0 Å². The molecule has 0 unspecified atom stereocenters. The molecule has 0 radical (unpaired) electrons. The SMILES string of the molecule is O=c1oc2ccc(Cl)cc2c(-c2cccs2)c1-c1ccccc1. The lowest BCUT2D eigenvalue weighted by Gasteiger charge is -2.11. The Balaban J connectivity index is 2.19. The second-order valence-electron chi connectivity index (χ2n) is 5.12. The molecule has 0 aliphatic heterocycles. The molecule has 0 amide bonds. The summed E-state index contributed by atoms with van der Waals surface area (Å²) < 4.78 is 5.53. The topological polar surface area (TPSA) is 30.2 Å². The Bertz CT molecular complexity index is 1030. The summed E-state index contributed by atoms with van der Waals surface area (Å²) in [6.07, 6.45) is 0. The van der Waals surface area contributed by atoms with Crippen molar-refractivity contribution in [3.05, 3.63) is 81.5 Å². The Morgan fingerprint density at radius 2 is 1.74 bits per heavy atom. The molecule has 0 spiro atoms. The monoisotopic (exact) mass is 338 g/mol. The Labute approximate surface area is 141 Å². The molecule has 2 nitrogen and oxygen atoms in total. The number of rotatable bonds is 2. The molecule has 0 N–H and O–H groups in total. The standard InChI is InChI=1S/C19H11ClO2S/c20-13-8-9-15-14(11-13)18(16-7-4-10-23-16)17(19(21)22-15)12-5-2-1-3-6-12/h1-11H. The number of benzene rings is 2. The average Bonchev–Trinajstić information content (AvgIpc) is 3.09. The largest absolute Gasteiger partial charge is 0.422 e. The molecule has 0 saturated carbocycles. The zero-order valence-corrected chi connectivity index (χ0v) is 13.5. The van der Waals surface area contributed by atoms with Crippen LogP contribution in [0.25, 0.3) is 32.5 Å². The van der Waals surface area contributed by atoms with E-state index in [1.54, 1.807) is 23.5 Å². The molecule has 4 heteroatoms. The number of hydrogen-bond donors (Lipinski definition) is 0. The minimum Gasteiger partial charge on any atom is -0.422 e. The van der Waals surface area contributed by atoms with Gasteiger partial charge in [-0.25, -0.2) is 4.79 Å². The third-order valence-corrected chi connectivity index (χ3v) is 4.82. The summed E-state index contributed by atoms with van der Waals surface area (Å²) in [5.74, 6) is 0. The number of hydrogen-bond acceptors (Lipinski definition) is 3. The zero-order valence-electron chi connectivity index (χ0n) is 12.0. The van der Waals surface area contributed by atoms with E-state index < -0.39 is 0 Å².